The molecule has 1 heterocycles. The molecule has 3 nitrogen and oxygen atoms in total. The van der Waals surface area contributed by atoms with E-state index in [1.807, 2.05) is 24.3 Å². The quantitative estimate of drug-likeness (QED) is 0.854. The lowest BCUT2D eigenvalue weighted by atomic mass is 10.0. The minimum atomic E-state index is -0.516. The second-order valence-corrected chi connectivity index (χ2v) is 4.41. The first-order chi connectivity index (χ1) is 8.31. The van der Waals surface area contributed by atoms with E-state index in [2.05, 4.69) is 6.92 Å². The van der Waals surface area contributed by atoms with Gasteiger partial charge in [-0.05, 0) is 37.0 Å². The molecule has 0 radical (unpaired) electrons. The summed E-state index contributed by atoms with van der Waals surface area (Å²) in [6.45, 7) is 3.57. The van der Waals surface area contributed by atoms with E-state index >= 15 is 0 Å². The van der Waals surface area contributed by atoms with Crippen molar-refractivity contribution in [2.75, 3.05) is 13.2 Å². The Morgan fingerprint density at radius 1 is 1.41 bits per heavy atom. The summed E-state index contributed by atoms with van der Waals surface area (Å²) in [5.41, 5.74) is 0.903. The van der Waals surface area contributed by atoms with Gasteiger partial charge in [0.15, 0.2) is 0 Å². The molecule has 17 heavy (non-hydrogen) atoms. The summed E-state index contributed by atoms with van der Waals surface area (Å²) in [5, 5.41) is 10.1. The average Bonchev–Trinajstić information content (AvgIpc) is 2.90. The molecule has 2 unspecified atom stereocenters. The number of hydrogen-bond acceptors (Lipinski definition) is 3. The molecule has 1 aromatic carbocycles. The van der Waals surface area contributed by atoms with Gasteiger partial charge in [0.05, 0.1) is 12.7 Å². The van der Waals surface area contributed by atoms with Gasteiger partial charge in [-0.25, -0.2) is 0 Å². The van der Waals surface area contributed by atoms with Crippen LogP contribution >= 0.6 is 0 Å². The Bertz CT molecular complexity index is 328. The number of benzene rings is 1. The van der Waals surface area contributed by atoms with E-state index in [0.29, 0.717) is 0 Å². The van der Waals surface area contributed by atoms with Gasteiger partial charge < -0.3 is 14.6 Å². The van der Waals surface area contributed by atoms with E-state index in [-0.39, 0.29) is 6.10 Å². The molecule has 0 amide bonds. The Labute approximate surface area is 102 Å². The minimum Gasteiger partial charge on any atom is -0.494 e. The van der Waals surface area contributed by atoms with Crippen molar-refractivity contribution >= 4 is 0 Å². The van der Waals surface area contributed by atoms with Crippen LogP contribution < -0.4 is 4.74 Å². The zero-order chi connectivity index (χ0) is 12.1. The standard InChI is InChI=1S/C14H20O3/c1-2-9-16-12-7-5-11(6-8-12)14(15)13-4-3-10-17-13/h5-8,13-15H,2-4,9-10H2,1H3. The van der Waals surface area contributed by atoms with Crippen LogP contribution in [0.25, 0.3) is 0 Å². The predicted octanol–water partition coefficient (Wildman–Crippen LogP) is 2.69. The van der Waals surface area contributed by atoms with Crippen molar-refractivity contribution in [3.8, 4) is 5.75 Å². The van der Waals surface area contributed by atoms with Crippen LogP contribution in [-0.2, 0) is 4.74 Å². The van der Waals surface area contributed by atoms with Gasteiger partial charge in [0.25, 0.3) is 0 Å². The number of aliphatic hydroxyl groups excluding tert-OH is 1. The molecule has 0 aliphatic carbocycles. The van der Waals surface area contributed by atoms with Crippen LogP contribution in [-0.4, -0.2) is 24.4 Å². The van der Waals surface area contributed by atoms with Crippen molar-refractivity contribution < 1.29 is 14.6 Å². The van der Waals surface area contributed by atoms with E-state index < -0.39 is 6.10 Å². The highest BCUT2D eigenvalue weighted by molar-refractivity contribution is 5.29. The molecule has 0 saturated carbocycles. The number of ether oxygens (including phenoxy) is 2. The number of hydrogen-bond donors (Lipinski definition) is 1. The third kappa shape index (κ3) is 3.20. The molecule has 1 aliphatic heterocycles. The third-order valence-corrected chi connectivity index (χ3v) is 3.01. The van der Waals surface area contributed by atoms with Crippen LogP contribution in [0.2, 0.25) is 0 Å². The van der Waals surface area contributed by atoms with Gasteiger partial charge in [-0.15, -0.1) is 0 Å². The highest BCUT2D eigenvalue weighted by Gasteiger charge is 2.25. The summed E-state index contributed by atoms with van der Waals surface area (Å²) in [5.74, 6) is 0.857. The van der Waals surface area contributed by atoms with Crippen LogP contribution in [0.5, 0.6) is 5.75 Å². The topological polar surface area (TPSA) is 38.7 Å². The molecule has 1 aliphatic rings. The fraction of sp³-hybridized carbons (Fsp3) is 0.571. The Morgan fingerprint density at radius 3 is 2.76 bits per heavy atom. The maximum absolute atomic E-state index is 10.1. The Morgan fingerprint density at radius 2 is 2.18 bits per heavy atom. The number of rotatable bonds is 5. The maximum Gasteiger partial charge on any atom is 0.119 e. The molecule has 1 saturated heterocycles. The lowest BCUT2D eigenvalue weighted by molar-refractivity contribution is -0.00260. The van der Waals surface area contributed by atoms with Gasteiger partial charge in [-0.1, -0.05) is 19.1 Å². The summed E-state index contributed by atoms with van der Waals surface area (Å²) in [6, 6.07) is 7.64. The second-order valence-electron chi connectivity index (χ2n) is 4.41. The summed E-state index contributed by atoms with van der Waals surface area (Å²) >= 11 is 0. The molecule has 2 rings (SSSR count). The molecule has 0 bridgehead atoms. The normalized spacial score (nSPS) is 21.4. The van der Waals surface area contributed by atoms with Crippen molar-refractivity contribution in [2.45, 2.75) is 38.4 Å². The van der Waals surface area contributed by atoms with E-state index in [0.717, 1.165) is 43.8 Å². The Balaban J connectivity index is 1.96. The summed E-state index contributed by atoms with van der Waals surface area (Å²) in [6.07, 6.45) is 2.42. The van der Waals surface area contributed by atoms with Gasteiger partial charge in [0, 0.05) is 6.61 Å². The van der Waals surface area contributed by atoms with Crippen LogP contribution in [0, 0.1) is 0 Å². The zero-order valence-corrected chi connectivity index (χ0v) is 10.3. The highest BCUT2D eigenvalue weighted by atomic mass is 16.5. The molecule has 1 N–H and O–H groups in total. The Kier molecular flexibility index (Phi) is 4.40. The lowest BCUT2D eigenvalue weighted by Crippen LogP contribution is -2.16. The molecular formula is C14H20O3. The maximum atomic E-state index is 10.1. The average molecular weight is 236 g/mol. The fourth-order valence-electron chi connectivity index (χ4n) is 2.05. The monoisotopic (exact) mass is 236 g/mol. The molecule has 0 spiro atoms. The second kappa shape index (κ2) is 6.03. The SMILES string of the molecule is CCCOc1ccc(C(O)C2CCCO2)cc1. The van der Waals surface area contributed by atoms with Gasteiger partial charge in [0.1, 0.15) is 11.9 Å². The van der Waals surface area contributed by atoms with E-state index in [1.54, 1.807) is 0 Å². The van der Waals surface area contributed by atoms with Crippen molar-refractivity contribution in [3.63, 3.8) is 0 Å². The van der Waals surface area contributed by atoms with Gasteiger partial charge in [-0.3, -0.25) is 0 Å². The van der Waals surface area contributed by atoms with Crippen LogP contribution in [0.4, 0.5) is 0 Å². The molecule has 3 heteroatoms. The molecule has 0 aromatic heterocycles. The first-order valence-corrected chi connectivity index (χ1v) is 6.33. The van der Waals surface area contributed by atoms with Crippen LogP contribution in [0.15, 0.2) is 24.3 Å². The summed E-state index contributed by atoms with van der Waals surface area (Å²) in [7, 11) is 0. The predicted molar refractivity (Wildman–Crippen MR) is 66.2 cm³/mol. The largest absolute Gasteiger partial charge is 0.494 e. The van der Waals surface area contributed by atoms with Crippen molar-refractivity contribution in [1.29, 1.82) is 0 Å². The van der Waals surface area contributed by atoms with E-state index in [9.17, 15) is 5.11 Å². The van der Waals surface area contributed by atoms with Gasteiger partial charge >= 0.3 is 0 Å². The first-order valence-electron chi connectivity index (χ1n) is 6.33. The third-order valence-electron chi connectivity index (χ3n) is 3.01. The van der Waals surface area contributed by atoms with E-state index in [1.165, 1.54) is 0 Å². The zero-order valence-electron chi connectivity index (χ0n) is 10.3. The first kappa shape index (κ1) is 12.4. The van der Waals surface area contributed by atoms with Crippen molar-refractivity contribution in [3.05, 3.63) is 29.8 Å². The lowest BCUT2D eigenvalue weighted by Gasteiger charge is -2.18. The highest BCUT2D eigenvalue weighted by Crippen LogP contribution is 2.27. The van der Waals surface area contributed by atoms with Crippen LogP contribution in [0.3, 0.4) is 0 Å². The van der Waals surface area contributed by atoms with E-state index in [4.69, 9.17) is 9.47 Å². The molecule has 94 valence electrons. The smallest absolute Gasteiger partial charge is 0.119 e. The molecule has 1 aromatic rings. The van der Waals surface area contributed by atoms with Gasteiger partial charge in [0.2, 0.25) is 0 Å². The molecule has 2 atom stereocenters. The fourth-order valence-corrected chi connectivity index (χ4v) is 2.05. The Hall–Kier alpha value is -1.06. The molecule has 1 fully saturated rings. The molecular weight excluding hydrogens is 216 g/mol. The summed E-state index contributed by atoms with van der Waals surface area (Å²) < 4.78 is 11.0. The number of aliphatic hydroxyl groups is 1. The van der Waals surface area contributed by atoms with Crippen LogP contribution in [0.1, 0.15) is 37.9 Å². The van der Waals surface area contributed by atoms with Crippen molar-refractivity contribution in [1.82, 2.24) is 0 Å². The van der Waals surface area contributed by atoms with Crippen molar-refractivity contribution in [2.24, 2.45) is 0 Å². The minimum absolute atomic E-state index is 0.0441. The van der Waals surface area contributed by atoms with Gasteiger partial charge in [-0.2, -0.15) is 0 Å². The summed E-state index contributed by atoms with van der Waals surface area (Å²) in [4.78, 5) is 0.